The van der Waals surface area contributed by atoms with Gasteiger partial charge in [-0.2, -0.15) is 8.78 Å². The van der Waals surface area contributed by atoms with E-state index in [1.165, 1.54) is 18.2 Å². The Bertz CT molecular complexity index is 966. The SMILES string of the molecule is Cc1cccc(C)c1NC(=O)CN1CCN(C(=O)/C=C/c2ccccc2OC(F)F)CC1. The van der Waals surface area contributed by atoms with Crippen LogP contribution in [0.2, 0.25) is 0 Å². The first-order valence-corrected chi connectivity index (χ1v) is 10.4. The maximum atomic E-state index is 12.5. The molecule has 1 saturated heterocycles. The molecular weight excluding hydrogens is 416 g/mol. The molecule has 1 heterocycles. The molecule has 0 bridgehead atoms. The lowest BCUT2D eigenvalue weighted by molar-refractivity contribution is -0.127. The van der Waals surface area contributed by atoms with Crippen molar-refractivity contribution in [3.05, 3.63) is 65.2 Å². The van der Waals surface area contributed by atoms with Crippen LogP contribution >= 0.6 is 0 Å². The quantitative estimate of drug-likeness (QED) is 0.663. The first-order chi connectivity index (χ1) is 15.3. The number of para-hydroxylation sites is 2. The van der Waals surface area contributed by atoms with Gasteiger partial charge >= 0.3 is 6.61 Å². The standard InChI is InChI=1S/C24H27F2N3O3/c1-17-6-5-7-18(2)23(17)27-21(30)16-28-12-14-29(15-13-28)22(31)11-10-19-8-3-4-9-20(19)32-24(25)26/h3-11,24H,12-16H2,1-2H3,(H,27,30)/b11-10+. The highest BCUT2D eigenvalue weighted by atomic mass is 19.3. The van der Waals surface area contributed by atoms with E-state index in [1.807, 2.05) is 36.9 Å². The molecule has 0 spiro atoms. The Hall–Kier alpha value is -3.26. The molecule has 1 aliphatic rings. The second kappa shape index (κ2) is 10.9. The normalized spacial score (nSPS) is 14.7. The van der Waals surface area contributed by atoms with Crippen LogP contribution in [0.1, 0.15) is 16.7 Å². The summed E-state index contributed by atoms with van der Waals surface area (Å²) in [7, 11) is 0. The second-order valence-corrected chi connectivity index (χ2v) is 7.67. The number of nitrogens with zero attached hydrogens (tertiary/aromatic N) is 2. The molecule has 6 nitrogen and oxygen atoms in total. The highest BCUT2D eigenvalue weighted by molar-refractivity contribution is 5.94. The number of hydrogen-bond acceptors (Lipinski definition) is 4. The predicted molar refractivity (Wildman–Crippen MR) is 120 cm³/mol. The molecule has 1 N–H and O–H groups in total. The van der Waals surface area contributed by atoms with Gasteiger partial charge in [0.05, 0.1) is 6.54 Å². The molecule has 0 saturated carbocycles. The third-order valence-corrected chi connectivity index (χ3v) is 5.34. The summed E-state index contributed by atoms with van der Waals surface area (Å²) in [5.74, 6) is -0.277. The molecule has 0 atom stereocenters. The van der Waals surface area contributed by atoms with Crippen LogP contribution in [-0.2, 0) is 9.59 Å². The van der Waals surface area contributed by atoms with E-state index in [4.69, 9.17) is 0 Å². The van der Waals surface area contributed by atoms with Crippen LogP contribution in [0.3, 0.4) is 0 Å². The smallest absolute Gasteiger partial charge is 0.387 e. The molecule has 0 aliphatic carbocycles. The van der Waals surface area contributed by atoms with Crippen LogP contribution in [0, 0.1) is 13.8 Å². The van der Waals surface area contributed by atoms with Gasteiger partial charge in [-0.25, -0.2) is 0 Å². The van der Waals surface area contributed by atoms with Crippen molar-refractivity contribution < 1.29 is 23.1 Å². The van der Waals surface area contributed by atoms with E-state index in [-0.39, 0.29) is 24.1 Å². The van der Waals surface area contributed by atoms with Crippen LogP contribution in [0.15, 0.2) is 48.5 Å². The van der Waals surface area contributed by atoms with Gasteiger partial charge in [-0.05, 0) is 37.1 Å². The third kappa shape index (κ3) is 6.37. The van der Waals surface area contributed by atoms with Crippen molar-refractivity contribution in [2.75, 3.05) is 38.0 Å². The average Bonchev–Trinajstić information content (AvgIpc) is 2.76. The van der Waals surface area contributed by atoms with Crippen molar-refractivity contribution in [2.24, 2.45) is 0 Å². The molecule has 0 aromatic heterocycles. The number of nitrogens with one attached hydrogen (secondary N) is 1. The van der Waals surface area contributed by atoms with E-state index in [1.54, 1.807) is 23.1 Å². The summed E-state index contributed by atoms with van der Waals surface area (Å²) in [5, 5.41) is 2.98. The fourth-order valence-corrected chi connectivity index (χ4v) is 3.61. The summed E-state index contributed by atoms with van der Waals surface area (Å²) < 4.78 is 29.5. The second-order valence-electron chi connectivity index (χ2n) is 7.67. The van der Waals surface area contributed by atoms with Crippen LogP contribution in [0.5, 0.6) is 5.75 Å². The molecular formula is C24H27F2N3O3. The average molecular weight is 443 g/mol. The number of hydrogen-bond donors (Lipinski definition) is 1. The number of rotatable bonds is 7. The molecule has 1 aliphatic heterocycles. The molecule has 170 valence electrons. The van der Waals surface area contributed by atoms with Gasteiger partial charge < -0.3 is 15.0 Å². The zero-order valence-corrected chi connectivity index (χ0v) is 18.2. The third-order valence-electron chi connectivity index (χ3n) is 5.34. The Morgan fingerprint density at radius 1 is 1.03 bits per heavy atom. The Morgan fingerprint density at radius 3 is 2.34 bits per heavy atom. The van der Waals surface area contributed by atoms with Gasteiger partial charge in [0, 0.05) is 43.5 Å². The Balaban J connectivity index is 1.50. The van der Waals surface area contributed by atoms with Crippen molar-refractivity contribution in [3.8, 4) is 5.75 Å². The van der Waals surface area contributed by atoms with Gasteiger partial charge in [-0.3, -0.25) is 14.5 Å². The Kier molecular flexibility index (Phi) is 7.94. The molecule has 32 heavy (non-hydrogen) atoms. The van der Waals surface area contributed by atoms with E-state index in [9.17, 15) is 18.4 Å². The molecule has 0 radical (unpaired) electrons. The summed E-state index contributed by atoms with van der Waals surface area (Å²) in [5.41, 5.74) is 3.28. The lowest BCUT2D eigenvalue weighted by Gasteiger charge is -2.33. The minimum absolute atomic E-state index is 0.0197. The Morgan fingerprint density at radius 2 is 1.69 bits per heavy atom. The number of halogens is 2. The summed E-state index contributed by atoms with van der Waals surface area (Å²) in [4.78, 5) is 28.6. The monoisotopic (exact) mass is 443 g/mol. The lowest BCUT2D eigenvalue weighted by atomic mass is 10.1. The van der Waals surface area contributed by atoms with Crippen molar-refractivity contribution >= 4 is 23.6 Å². The maximum absolute atomic E-state index is 12.5. The first-order valence-electron chi connectivity index (χ1n) is 10.4. The van der Waals surface area contributed by atoms with Crippen molar-refractivity contribution in [2.45, 2.75) is 20.5 Å². The van der Waals surface area contributed by atoms with Crippen molar-refractivity contribution in [3.63, 3.8) is 0 Å². The summed E-state index contributed by atoms with van der Waals surface area (Å²) >= 11 is 0. The summed E-state index contributed by atoms with van der Waals surface area (Å²) in [6, 6.07) is 12.2. The number of carbonyl (C=O) groups is 2. The zero-order valence-electron chi connectivity index (χ0n) is 18.2. The van der Waals surface area contributed by atoms with Gasteiger partial charge in [-0.15, -0.1) is 0 Å². The maximum Gasteiger partial charge on any atom is 0.387 e. The highest BCUT2D eigenvalue weighted by Gasteiger charge is 2.21. The lowest BCUT2D eigenvalue weighted by Crippen LogP contribution is -2.50. The molecule has 2 amide bonds. The Labute approximate surface area is 186 Å². The number of carbonyl (C=O) groups excluding carboxylic acids is 2. The van der Waals surface area contributed by atoms with Crippen molar-refractivity contribution in [1.29, 1.82) is 0 Å². The number of alkyl halides is 2. The number of amides is 2. The van der Waals surface area contributed by atoms with Crippen LogP contribution in [-0.4, -0.2) is 60.9 Å². The minimum Gasteiger partial charge on any atom is -0.434 e. The minimum atomic E-state index is -2.93. The highest BCUT2D eigenvalue weighted by Crippen LogP contribution is 2.22. The van der Waals surface area contributed by atoms with E-state index < -0.39 is 6.61 Å². The summed E-state index contributed by atoms with van der Waals surface area (Å²) in [6.07, 6.45) is 2.83. The molecule has 0 unspecified atom stereocenters. The van der Waals surface area contributed by atoms with E-state index in [0.717, 1.165) is 16.8 Å². The van der Waals surface area contributed by atoms with Crippen LogP contribution in [0.25, 0.3) is 6.08 Å². The van der Waals surface area contributed by atoms with E-state index >= 15 is 0 Å². The van der Waals surface area contributed by atoms with Gasteiger partial charge in [0.1, 0.15) is 5.75 Å². The topological polar surface area (TPSA) is 61.9 Å². The number of aryl methyl sites for hydroxylation is 2. The molecule has 8 heteroatoms. The molecule has 1 fully saturated rings. The fourth-order valence-electron chi connectivity index (χ4n) is 3.61. The predicted octanol–water partition coefficient (Wildman–Crippen LogP) is 3.70. The van der Waals surface area contributed by atoms with E-state index in [0.29, 0.717) is 31.7 Å². The molecule has 2 aromatic rings. The van der Waals surface area contributed by atoms with Gasteiger partial charge in [0.25, 0.3) is 0 Å². The van der Waals surface area contributed by atoms with Gasteiger partial charge in [-0.1, -0.05) is 36.4 Å². The van der Waals surface area contributed by atoms with Gasteiger partial charge in [0.15, 0.2) is 0 Å². The van der Waals surface area contributed by atoms with Crippen LogP contribution in [0.4, 0.5) is 14.5 Å². The number of ether oxygens (including phenoxy) is 1. The molecule has 2 aromatic carbocycles. The number of anilines is 1. The van der Waals surface area contributed by atoms with Gasteiger partial charge in [0.2, 0.25) is 11.8 Å². The van der Waals surface area contributed by atoms with Crippen molar-refractivity contribution in [1.82, 2.24) is 9.80 Å². The first kappa shape index (κ1) is 23.4. The zero-order chi connectivity index (χ0) is 23.1. The largest absolute Gasteiger partial charge is 0.434 e. The molecule has 3 rings (SSSR count). The number of benzene rings is 2. The van der Waals surface area contributed by atoms with Crippen LogP contribution < -0.4 is 10.1 Å². The summed E-state index contributed by atoms with van der Waals surface area (Å²) in [6.45, 7) is 3.35. The van der Waals surface area contributed by atoms with E-state index in [2.05, 4.69) is 10.1 Å². The number of piperazine rings is 1. The fraction of sp³-hybridized carbons (Fsp3) is 0.333.